The molecule has 0 fully saturated rings. The number of hydrogen-bond donors (Lipinski definition) is 0. The van der Waals surface area contributed by atoms with Gasteiger partial charge in [0.15, 0.2) is 5.78 Å². The monoisotopic (exact) mass is 606 g/mol. The largest absolute Gasteiger partial charge is 0.494 e. The van der Waals surface area contributed by atoms with Crippen molar-refractivity contribution in [3.8, 4) is 5.75 Å². The molecule has 0 saturated carbocycles. The Labute approximate surface area is 269 Å². The lowest BCUT2D eigenvalue weighted by molar-refractivity contribution is 0.104. The van der Waals surface area contributed by atoms with Crippen molar-refractivity contribution in [1.82, 2.24) is 0 Å². The summed E-state index contributed by atoms with van der Waals surface area (Å²) < 4.78 is 6.00. The van der Waals surface area contributed by atoms with Crippen molar-refractivity contribution in [2.45, 2.75) is 154 Å². The topological polar surface area (TPSA) is 26.3 Å². The van der Waals surface area contributed by atoms with Gasteiger partial charge in [0, 0.05) is 10.5 Å². The van der Waals surface area contributed by atoms with Gasteiger partial charge >= 0.3 is 0 Å². The van der Waals surface area contributed by atoms with Crippen molar-refractivity contribution in [3.05, 3.63) is 65.7 Å². The number of hydrogen-bond acceptors (Lipinski definition) is 3. The first-order valence-electron chi connectivity index (χ1n) is 17.9. The van der Waals surface area contributed by atoms with Gasteiger partial charge in [0.25, 0.3) is 0 Å². The molecule has 0 spiro atoms. The number of unbranched alkanes of at least 4 members (excludes halogenated alkanes) is 19. The fourth-order valence-electron chi connectivity index (χ4n) is 5.40. The summed E-state index contributed by atoms with van der Waals surface area (Å²) in [7, 11) is 0. The molecule has 0 heterocycles. The highest BCUT2D eigenvalue weighted by molar-refractivity contribution is 7.99. The fraction of sp³-hybridized carbons (Fsp3) is 0.625. The van der Waals surface area contributed by atoms with E-state index in [-0.39, 0.29) is 5.78 Å². The number of benzene rings is 2. The molecular weight excluding hydrogens is 545 g/mol. The van der Waals surface area contributed by atoms with Crippen molar-refractivity contribution < 1.29 is 9.53 Å². The van der Waals surface area contributed by atoms with Gasteiger partial charge in [-0.25, -0.2) is 0 Å². The number of allylic oxidation sites excluding steroid dienone is 1. The molecule has 0 aliphatic rings. The molecular formula is C40H62O2S. The minimum Gasteiger partial charge on any atom is -0.494 e. The predicted octanol–water partition coefficient (Wildman–Crippen LogP) is 13.3. The first-order chi connectivity index (χ1) is 21.2. The van der Waals surface area contributed by atoms with Crippen molar-refractivity contribution >= 4 is 23.6 Å². The Kier molecular flexibility index (Phi) is 22.8. The molecule has 2 aromatic rings. The molecule has 0 radical (unpaired) electrons. The second kappa shape index (κ2) is 26.4. The van der Waals surface area contributed by atoms with E-state index in [4.69, 9.17) is 4.74 Å². The Morgan fingerprint density at radius 3 is 1.67 bits per heavy atom. The van der Waals surface area contributed by atoms with E-state index in [1.807, 2.05) is 54.2 Å². The number of rotatable bonds is 28. The Hall–Kier alpha value is -2.00. The van der Waals surface area contributed by atoms with Crippen LogP contribution in [0.3, 0.4) is 0 Å². The highest BCUT2D eigenvalue weighted by Gasteiger charge is 2.03. The summed E-state index contributed by atoms with van der Waals surface area (Å²) in [5, 5.41) is 0. The quantitative estimate of drug-likeness (QED) is 0.0417. The van der Waals surface area contributed by atoms with Crippen LogP contribution >= 0.6 is 11.8 Å². The molecule has 0 bridgehead atoms. The summed E-state index contributed by atoms with van der Waals surface area (Å²) in [6.07, 6.45) is 32.4. The van der Waals surface area contributed by atoms with Crippen LogP contribution in [0.25, 0.3) is 6.08 Å². The third kappa shape index (κ3) is 19.8. The zero-order chi connectivity index (χ0) is 30.6. The second-order valence-corrected chi connectivity index (χ2v) is 13.4. The number of thioether (sulfide) groups is 1. The number of carbonyl (C=O) groups is 1. The molecule has 0 aliphatic heterocycles. The fourth-order valence-corrected chi connectivity index (χ4v) is 6.39. The lowest BCUT2D eigenvalue weighted by atomic mass is 10.0. The average molecular weight is 607 g/mol. The van der Waals surface area contributed by atoms with Crippen molar-refractivity contribution in [2.75, 3.05) is 12.4 Å². The molecule has 2 nitrogen and oxygen atoms in total. The van der Waals surface area contributed by atoms with E-state index in [0.29, 0.717) is 0 Å². The molecule has 0 aromatic heterocycles. The first-order valence-corrected chi connectivity index (χ1v) is 18.9. The van der Waals surface area contributed by atoms with Crippen molar-refractivity contribution in [3.63, 3.8) is 0 Å². The summed E-state index contributed by atoms with van der Waals surface area (Å²) in [6.45, 7) is 5.26. The summed E-state index contributed by atoms with van der Waals surface area (Å²) in [4.78, 5) is 13.8. The summed E-state index contributed by atoms with van der Waals surface area (Å²) in [5.74, 6) is 2.04. The van der Waals surface area contributed by atoms with Crippen LogP contribution in [0.5, 0.6) is 5.75 Å². The van der Waals surface area contributed by atoms with E-state index < -0.39 is 0 Å². The van der Waals surface area contributed by atoms with Crippen LogP contribution in [0.2, 0.25) is 0 Å². The van der Waals surface area contributed by atoms with Gasteiger partial charge in [0.05, 0.1) is 6.61 Å². The Balaban J connectivity index is 1.44. The third-order valence-electron chi connectivity index (χ3n) is 8.21. The van der Waals surface area contributed by atoms with Crippen LogP contribution < -0.4 is 4.74 Å². The summed E-state index contributed by atoms with van der Waals surface area (Å²) in [5.41, 5.74) is 1.72. The highest BCUT2D eigenvalue weighted by atomic mass is 32.2. The Bertz CT molecular complexity index is 965. The summed E-state index contributed by atoms with van der Waals surface area (Å²) >= 11 is 1.85. The summed E-state index contributed by atoms with van der Waals surface area (Å²) in [6, 6.07) is 16.0. The van der Waals surface area contributed by atoms with E-state index >= 15 is 0 Å². The van der Waals surface area contributed by atoms with Gasteiger partial charge < -0.3 is 4.74 Å². The van der Waals surface area contributed by atoms with Gasteiger partial charge in [-0.1, -0.05) is 154 Å². The molecule has 43 heavy (non-hydrogen) atoms. The molecule has 0 amide bonds. The second-order valence-electron chi connectivity index (χ2n) is 12.2. The van der Waals surface area contributed by atoms with Gasteiger partial charge in [0.2, 0.25) is 0 Å². The molecule has 0 unspecified atom stereocenters. The smallest absolute Gasteiger partial charge is 0.185 e. The van der Waals surface area contributed by atoms with Gasteiger partial charge in [-0.3, -0.25) is 4.79 Å². The maximum absolute atomic E-state index is 12.6. The Morgan fingerprint density at radius 1 is 0.628 bits per heavy atom. The maximum atomic E-state index is 12.6. The van der Waals surface area contributed by atoms with E-state index in [9.17, 15) is 4.79 Å². The molecule has 0 saturated heterocycles. The normalized spacial score (nSPS) is 11.4. The molecule has 2 rings (SSSR count). The van der Waals surface area contributed by atoms with Crippen molar-refractivity contribution in [1.29, 1.82) is 0 Å². The van der Waals surface area contributed by atoms with Crippen LogP contribution in [0.15, 0.2) is 59.5 Å². The SMILES string of the molecule is CCCCCCCCCCCCCCCCCCCCCOc1cccc(/C=C/C(=O)c2ccc(SCCCC)cc2)c1. The maximum Gasteiger partial charge on any atom is 0.185 e. The van der Waals surface area contributed by atoms with Gasteiger partial charge in [0.1, 0.15) is 5.75 Å². The molecule has 240 valence electrons. The predicted molar refractivity (Wildman–Crippen MR) is 191 cm³/mol. The van der Waals surface area contributed by atoms with E-state index in [0.717, 1.165) is 35.7 Å². The molecule has 0 aliphatic carbocycles. The van der Waals surface area contributed by atoms with Crippen LogP contribution in [0.4, 0.5) is 0 Å². The van der Waals surface area contributed by atoms with E-state index in [1.165, 1.54) is 133 Å². The van der Waals surface area contributed by atoms with Gasteiger partial charge in [-0.05, 0) is 66.6 Å². The van der Waals surface area contributed by atoms with E-state index in [1.54, 1.807) is 6.08 Å². The van der Waals surface area contributed by atoms with E-state index in [2.05, 4.69) is 26.0 Å². The third-order valence-corrected chi connectivity index (χ3v) is 9.31. The number of ether oxygens (including phenoxy) is 1. The first kappa shape index (κ1) is 37.2. The lowest BCUT2D eigenvalue weighted by Crippen LogP contribution is -1.97. The molecule has 3 heteroatoms. The van der Waals surface area contributed by atoms with Crippen LogP contribution in [-0.2, 0) is 0 Å². The standard InChI is InChI=1S/C40H62O2S/c1-3-5-7-8-9-10-11-12-13-14-15-16-17-18-19-20-21-22-23-33-42-38-26-24-25-36(35-38)27-32-40(41)37-28-30-39(31-29-37)43-34-6-4-2/h24-32,35H,3-23,33-34H2,1-2H3/b32-27+. The number of ketones is 1. The zero-order valence-electron chi connectivity index (χ0n) is 27.8. The highest BCUT2D eigenvalue weighted by Crippen LogP contribution is 2.21. The van der Waals surface area contributed by atoms with Crippen LogP contribution in [0, 0.1) is 0 Å². The molecule has 2 aromatic carbocycles. The van der Waals surface area contributed by atoms with Crippen LogP contribution in [-0.4, -0.2) is 18.1 Å². The molecule has 0 N–H and O–H groups in total. The van der Waals surface area contributed by atoms with Crippen LogP contribution in [0.1, 0.15) is 165 Å². The van der Waals surface area contributed by atoms with Crippen molar-refractivity contribution in [2.24, 2.45) is 0 Å². The lowest BCUT2D eigenvalue weighted by Gasteiger charge is -2.07. The van der Waals surface area contributed by atoms with Gasteiger partial charge in [-0.2, -0.15) is 0 Å². The Morgan fingerprint density at radius 2 is 1.14 bits per heavy atom. The minimum absolute atomic E-state index is 0.0329. The molecule has 0 atom stereocenters. The van der Waals surface area contributed by atoms with Gasteiger partial charge in [-0.15, -0.1) is 11.8 Å². The number of carbonyl (C=O) groups excluding carboxylic acids is 1. The minimum atomic E-state index is 0.0329. The average Bonchev–Trinajstić information content (AvgIpc) is 3.03. The zero-order valence-corrected chi connectivity index (χ0v) is 28.6.